The van der Waals surface area contributed by atoms with Crippen LogP contribution in [0.15, 0.2) is 12.2 Å². The van der Waals surface area contributed by atoms with Crippen molar-refractivity contribution in [3.63, 3.8) is 0 Å². The van der Waals surface area contributed by atoms with Crippen LogP contribution in [0.25, 0.3) is 0 Å². The van der Waals surface area contributed by atoms with Crippen LogP contribution in [-0.4, -0.2) is 19.4 Å². The lowest BCUT2D eigenvalue weighted by molar-refractivity contribution is 0.0465. The van der Waals surface area contributed by atoms with Crippen LogP contribution in [0.2, 0.25) is 0 Å². The van der Waals surface area contributed by atoms with E-state index in [2.05, 4.69) is 19.1 Å². The van der Waals surface area contributed by atoms with E-state index in [0.717, 1.165) is 12.8 Å². The fourth-order valence-corrected chi connectivity index (χ4v) is 2.43. The van der Waals surface area contributed by atoms with Crippen molar-refractivity contribution < 1.29 is 14.3 Å². The van der Waals surface area contributed by atoms with Crippen molar-refractivity contribution >= 4 is 6.16 Å². The maximum Gasteiger partial charge on any atom is 0.508 e. The van der Waals surface area contributed by atoms with Crippen molar-refractivity contribution in [2.75, 3.05) is 13.2 Å². The van der Waals surface area contributed by atoms with Gasteiger partial charge in [-0.1, -0.05) is 77.9 Å². The van der Waals surface area contributed by atoms with Crippen molar-refractivity contribution in [3.05, 3.63) is 12.2 Å². The largest absolute Gasteiger partial charge is 0.508 e. The highest BCUT2D eigenvalue weighted by molar-refractivity contribution is 5.59. The third kappa shape index (κ3) is 19.1. The van der Waals surface area contributed by atoms with Gasteiger partial charge in [0, 0.05) is 0 Å². The lowest BCUT2D eigenvalue weighted by atomic mass is 10.1. The molecule has 0 spiro atoms. The molecule has 0 amide bonds. The highest BCUT2D eigenvalue weighted by Crippen LogP contribution is 2.09. The second-order valence-corrected chi connectivity index (χ2v) is 7.03. The predicted octanol–water partition coefficient (Wildman–Crippen LogP) is 7.05. The van der Waals surface area contributed by atoms with Crippen LogP contribution in [0.4, 0.5) is 4.79 Å². The van der Waals surface area contributed by atoms with E-state index in [9.17, 15) is 4.79 Å². The van der Waals surface area contributed by atoms with Crippen LogP contribution in [0, 0.1) is 5.92 Å². The minimum absolute atomic E-state index is 0.355. The van der Waals surface area contributed by atoms with E-state index in [-0.39, 0.29) is 0 Å². The lowest BCUT2D eigenvalue weighted by Crippen LogP contribution is -2.12. The molecule has 0 aromatic rings. The molecule has 0 unspecified atom stereocenters. The topological polar surface area (TPSA) is 35.5 Å². The Balaban J connectivity index is 3.17. The first-order valence-electron chi connectivity index (χ1n) is 10.1. The second-order valence-electron chi connectivity index (χ2n) is 7.03. The van der Waals surface area contributed by atoms with Gasteiger partial charge in [0.1, 0.15) is 0 Å². The molecule has 0 fully saturated rings. The Morgan fingerprint density at radius 1 is 0.792 bits per heavy atom. The van der Waals surface area contributed by atoms with Gasteiger partial charge in [-0.05, 0) is 38.0 Å². The summed E-state index contributed by atoms with van der Waals surface area (Å²) in [6, 6.07) is 0. The van der Waals surface area contributed by atoms with Crippen LogP contribution in [0.1, 0.15) is 97.8 Å². The summed E-state index contributed by atoms with van der Waals surface area (Å²) >= 11 is 0. The van der Waals surface area contributed by atoms with Gasteiger partial charge in [0.25, 0.3) is 0 Å². The fourth-order valence-electron chi connectivity index (χ4n) is 2.43. The molecule has 0 aliphatic heterocycles. The van der Waals surface area contributed by atoms with Gasteiger partial charge in [-0.3, -0.25) is 0 Å². The van der Waals surface area contributed by atoms with Crippen molar-refractivity contribution in [1.82, 2.24) is 0 Å². The number of rotatable bonds is 16. The summed E-state index contributed by atoms with van der Waals surface area (Å²) in [7, 11) is 0. The smallest absolute Gasteiger partial charge is 0.434 e. The first kappa shape index (κ1) is 23.0. The van der Waals surface area contributed by atoms with Gasteiger partial charge < -0.3 is 9.47 Å². The molecule has 0 heterocycles. The fraction of sp³-hybridized carbons (Fsp3) is 0.857. The molecule has 0 aromatic heterocycles. The van der Waals surface area contributed by atoms with E-state index >= 15 is 0 Å². The van der Waals surface area contributed by atoms with Gasteiger partial charge in [-0.25, -0.2) is 4.79 Å². The molecule has 142 valence electrons. The van der Waals surface area contributed by atoms with Crippen LogP contribution in [-0.2, 0) is 9.47 Å². The lowest BCUT2D eigenvalue weighted by Gasteiger charge is -2.07. The molecular weight excluding hydrogens is 300 g/mol. The van der Waals surface area contributed by atoms with Crippen molar-refractivity contribution in [1.29, 1.82) is 0 Å². The third-order valence-electron chi connectivity index (χ3n) is 3.91. The maximum absolute atomic E-state index is 11.2. The van der Waals surface area contributed by atoms with Gasteiger partial charge in [-0.15, -0.1) is 0 Å². The molecule has 3 heteroatoms. The first-order chi connectivity index (χ1) is 11.7. The number of carbonyl (C=O) groups excluding carboxylic acids is 1. The molecule has 0 saturated heterocycles. The Labute approximate surface area is 150 Å². The molecule has 0 saturated carbocycles. The molecule has 0 atom stereocenters. The molecule has 0 aliphatic carbocycles. The van der Waals surface area contributed by atoms with Crippen LogP contribution in [0.3, 0.4) is 0 Å². The van der Waals surface area contributed by atoms with Crippen molar-refractivity contribution in [3.8, 4) is 0 Å². The minimum Gasteiger partial charge on any atom is -0.434 e. The molecule has 0 N–H and O–H groups in total. The summed E-state index contributed by atoms with van der Waals surface area (Å²) in [6.07, 6.45) is 19.2. The number of ether oxygens (including phenoxy) is 2. The van der Waals surface area contributed by atoms with E-state index in [1.54, 1.807) is 0 Å². The standard InChI is InChI=1S/C21H40O3/c1-4-5-6-7-8-9-10-11-12-13-14-15-16-17-18-23-21(22)24-19-20(2)3/h9-10,20H,4-8,11-19H2,1-3H3/b10-9-. The van der Waals surface area contributed by atoms with E-state index < -0.39 is 6.16 Å². The summed E-state index contributed by atoms with van der Waals surface area (Å²) in [5, 5.41) is 0. The van der Waals surface area contributed by atoms with Crippen LogP contribution >= 0.6 is 0 Å². The molecule has 24 heavy (non-hydrogen) atoms. The average Bonchev–Trinajstić information content (AvgIpc) is 2.56. The van der Waals surface area contributed by atoms with E-state index in [0.29, 0.717) is 19.1 Å². The molecule has 0 aromatic carbocycles. The Bertz CT molecular complexity index is 297. The maximum atomic E-state index is 11.2. The summed E-state index contributed by atoms with van der Waals surface area (Å²) in [5.74, 6) is 0.355. The van der Waals surface area contributed by atoms with Gasteiger partial charge >= 0.3 is 6.16 Å². The number of hydrogen-bond donors (Lipinski definition) is 0. The van der Waals surface area contributed by atoms with Gasteiger partial charge in [0.15, 0.2) is 0 Å². The molecule has 0 aliphatic rings. The molecule has 0 bridgehead atoms. The Morgan fingerprint density at radius 2 is 1.33 bits per heavy atom. The van der Waals surface area contributed by atoms with Crippen LogP contribution < -0.4 is 0 Å². The number of carbonyl (C=O) groups is 1. The first-order valence-corrected chi connectivity index (χ1v) is 10.1. The monoisotopic (exact) mass is 340 g/mol. The molecule has 0 radical (unpaired) electrons. The second kappa shape index (κ2) is 18.4. The number of hydrogen-bond acceptors (Lipinski definition) is 3. The number of unbranched alkanes of at least 4 members (excludes halogenated alkanes) is 10. The quantitative estimate of drug-likeness (QED) is 0.171. The van der Waals surface area contributed by atoms with E-state index in [4.69, 9.17) is 9.47 Å². The Hall–Kier alpha value is -0.990. The van der Waals surface area contributed by atoms with Gasteiger partial charge in [0.05, 0.1) is 13.2 Å². The predicted molar refractivity (Wildman–Crippen MR) is 102 cm³/mol. The summed E-state index contributed by atoms with van der Waals surface area (Å²) in [5.41, 5.74) is 0. The van der Waals surface area contributed by atoms with E-state index in [1.807, 2.05) is 13.8 Å². The molecule has 0 rings (SSSR count). The zero-order valence-corrected chi connectivity index (χ0v) is 16.4. The molecular formula is C21H40O3. The van der Waals surface area contributed by atoms with Crippen LogP contribution in [0.5, 0.6) is 0 Å². The van der Waals surface area contributed by atoms with Crippen molar-refractivity contribution in [2.24, 2.45) is 5.92 Å². The summed E-state index contributed by atoms with van der Waals surface area (Å²) in [6.45, 7) is 7.20. The zero-order chi connectivity index (χ0) is 17.9. The van der Waals surface area contributed by atoms with E-state index in [1.165, 1.54) is 64.2 Å². The SMILES string of the molecule is CCCCCC/C=C\CCCCCCCCOC(=O)OCC(C)C. The van der Waals surface area contributed by atoms with Gasteiger partial charge in [-0.2, -0.15) is 0 Å². The highest BCUT2D eigenvalue weighted by atomic mass is 16.7. The minimum atomic E-state index is -0.523. The third-order valence-corrected chi connectivity index (χ3v) is 3.91. The Kier molecular flexibility index (Phi) is 17.6. The summed E-state index contributed by atoms with van der Waals surface area (Å²) < 4.78 is 9.98. The van der Waals surface area contributed by atoms with Crippen molar-refractivity contribution in [2.45, 2.75) is 97.8 Å². The summed E-state index contributed by atoms with van der Waals surface area (Å²) in [4.78, 5) is 11.2. The zero-order valence-electron chi connectivity index (χ0n) is 16.4. The number of allylic oxidation sites excluding steroid dienone is 2. The van der Waals surface area contributed by atoms with Gasteiger partial charge in [0.2, 0.25) is 0 Å². The highest BCUT2D eigenvalue weighted by Gasteiger charge is 2.04. The Morgan fingerprint density at radius 3 is 1.92 bits per heavy atom. The average molecular weight is 341 g/mol. The normalized spacial score (nSPS) is 11.3. The molecule has 3 nitrogen and oxygen atoms in total.